The van der Waals surface area contributed by atoms with E-state index in [1.54, 1.807) is 6.07 Å². The van der Waals surface area contributed by atoms with Crippen LogP contribution < -0.4 is 5.32 Å². The number of rotatable bonds is 2. The molecule has 17 heavy (non-hydrogen) atoms. The fourth-order valence-electron chi connectivity index (χ4n) is 2.79. The van der Waals surface area contributed by atoms with Crippen molar-refractivity contribution in [1.29, 1.82) is 0 Å². The van der Waals surface area contributed by atoms with Gasteiger partial charge in [0.2, 0.25) is 0 Å². The van der Waals surface area contributed by atoms with Gasteiger partial charge in [-0.2, -0.15) is 0 Å². The van der Waals surface area contributed by atoms with Crippen molar-refractivity contribution in [2.45, 2.75) is 52.5 Å². The standard InChI is InChI=1S/C15H22FN/c1-11-6-7-12(16)9-14(11)17-13-5-4-8-15(2,3)10-13/h6-7,9,13,17H,4-5,8,10H2,1-3H3. The molecule has 1 fully saturated rings. The van der Waals surface area contributed by atoms with Crippen molar-refractivity contribution in [3.63, 3.8) is 0 Å². The highest BCUT2D eigenvalue weighted by atomic mass is 19.1. The number of nitrogens with one attached hydrogen (secondary N) is 1. The largest absolute Gasteiger partial charge is 0.382 e. The maximum absolute atomic E-state index is 13.2. The number of halogens is 1. The van der Waals surface area contributed by atoms with Crippen molar-refractivity contribution < 1.29 is 4.39 Å². The summed E-state index contributed by atoms with van der Waals surface area (Å²) in [4.78, 5) is 0. The highest BCUT2D eigenvalue weighted by Crippen LogP contribution is 2.36. The highest BCUT2D eigenvalue weighted by molar-refractivity contribution is 5.51. The van der Waals surface area contributed by atoms with Crippen LogP contribution in [-0.2, 0) is 0 Å². The second-order valence-corrected chi connectivity index (χ2v) is 6.06. The molecule has 0 bridgehead atoms. The molecule has 0 aromatic heterocycles. The molecule has 1 nitrogen and oxygen atoms in total. The lowest BCUT2D eigenvalue weighted by molar-refractivity contribution is 0.229. The van der Waals surface area contributed by atoms with Gasteiger partial charge in [0, 0.05) is 11.7 Å². The smallest absolute Gasteiger partial charge is 0.125 e. The molecule has 1 atom stereocenters. The van der Waals surface area contributed by atoms with Gasteiger partial charge in [-0.1, -0.05) is 26.3 Å². The summed E-state index contributed by atoms with van der Waals surface area (Å²) < 4.78 is 13.2. The van der Waals surface area contributed by atoms with E-state index >= 15 is 0 Å². The second kappa shape index (κ2) is 4.67. The Bertz CT molecular complexity index is 398. The molecule has 1 aliphatic rings. The van der Waals surface area contributed by atoms with Crippen molar-refractivity contribution in [2.75, 3.05) is 5.32 Å². The normalized spacial score (nSPS) is 23.4. The van der Waals surface area contributed by atoms with Crippen molar-refractivity contribution in [1.82, 2.24) is 0 Å². The number of anilines is 1. The fourth-order valence-corrected chi connectivity index (χ4v) is 2.79. The lowest BCUT2D eigenvalue weighted by Crippen LogP contribution is -2.31. The van der Waals surface area contributed by atoms with Crippen LogP contribution in [0.4, 0.5) is 10.1 Å². The number of aryl methyl sites for hydroxylation is 1. The fraction of sp³-hybridized carbons (Fsp3) is 0.600. The molecule has 0 spiro atoms. The predicted octanol–water partition coefficient (Wildman–Crippen LogP) is 4.51. The third kappa shape index (κ3) is 3.21. The van der Waals surface area contributed by atoms with Crippen molar-refractivity contribution in [2.24, 2.45) is 5.41 Å². The average molecular weight is 235 g/mol. The molecular formula is C15H22FN. The van der Waals surface area contributed by atoms with Gasteiger partial charge in [-0.25, -0.2) is 4.39 Å². The monoisotopic (exact) mass is 235 g/mol. The van der Waals surface area contributed by atoms with Crippen molar-refractivity contribution in [3.8, 4) is 0 Å². The summed E-state index contributed by atoms with van der Waals surface area (Å²) in [7, 11) is 0. The Morgan fingerprint density at radius 1 is 1.35 bits per heavy atom. The van der Waals surface area contributed by atoms with Gasteiger partial charge in [0.1, 0.15) is 5.82 Å². The third-order valence-corrected chi connectivity index (χ3v) is 3.76. The Balaban J connectivity index is 2.07. The minimum Gasteiger partial charge on any atom is -0.382 e. The number of hydrogen-bond donors (Lipinski definition) is 1. The summed E-state index contributed by atoms with van der Waals surface area (Å²) in [6.45, 7) is 6.66. The molecule has 1 unspecified atom stereocenters. The molecule has 1 aromatic rings. The maximum Gasteiger partial charge on any atom is 0.125 e. The molecule has 2 rings (SSSR count). The van der Waals surface area contributed by atoms with E-state index in [1.165, 1.54) is 31.7 Å². The van der Waals surface area contributed by atoms with Crippen molar-refractivity contribution in [3.05, 3.63) is 29.6 Å². The molecule has 0 saturated heterocycles. The molecule has 0 radical (unpaired) electrons. The first-order valence-corrected chi connectivity index (χ1v) is 6.49. The van der Waals surface area contributed by atoms with Crippen molar-refractivity contribution >= 4 is 5.69 Å². The Morgan fingerprint density at radius 3 is 2.82 bits per heavy atom. The summed E-state index contributed by atoms with van der Waals surface area (Å²) in [5.41, 5.74) is 2.49. The van der Waals surface area contributed by atoms with Crippen LogP contribution in [-0.4, -0.2) is 6.04 Å². The lowest BCUT2D eigenvalue weighted by atomic mass is 9.75. The molecule has 0 aliphatic heterocycles. The topological polar surface area (TPSA) is 12.0 Å². The van der Waals surface area contributed by atoms with E-state index in [0.717, 1.165) is 11.3 Å². The molecule has 0 heterocycles. The van der Waals surface area contributed by atoms with Gasteiger partial charge < -0.3 is 5.32 Å². The molecular weight excluding hydrogens is 213 g/mol. The van der Waals surface area contributed by atoms with Crippen LogP contribution in [0.25, 0.3) is 0 Å². The number of benzene rings is 1. The van der Waals surface area contributed by atoms with Gasteiger partial charge in [-0.3, -0.25) is 0 Å². The number of hydrogen-bond acceptors (Lipinski definition) is 1. The second-order valence-electron chi connectivity index (χ2n) is 6.06. The van der Waals surface area contributed by atoms with E-state index in [9.17, 15) is 4.39 Å². The van der Waals surface area contributed by atoms with E-state index < -0.39 is 0 Å². The van der Waals surface area contributed by atoms with Crippen LogP contribution in [0.5, 0.6) is 0 Å². The molecule has 1 aromatic carbocycles. The molecule has 94 valence electrons. The first-order chi connectivity index (χ1) is 7.96. The Kier molecular flexibility index (Phi) is 3.41. The Morgan fingerprint density at radius 2 is 2.12 bits per heavy atom. The SMILES string of the molecule is Cc1ccc(F)cc1NC1CCCC(C)(C)C1. The quantitative estimate of drug-likeness (QED) is 0.795. The van der Waals surface area contributed by atoms with Gasteiger partial charge in [0.05, 0.1) is 0 Å². The minimum absolute atomic E-state index is 0.159. The summed E-state index contributed by atoms with van der Waals surface area (Å²) >= 11 is 0. The first kappa shape index (κ1) is 12.4. The zero-order valence-electron chi connectivity index (χ0n) is 11.0. The summed E-state index contributed by atoms with van der Waals surface area (Å²) in [6, 6.07) is 5.45. The highest BCUT2D eigenvalue weighted by Gasteiger charge is 2.27. The minimum atomic E-state index is -0.159. The van der Waals surface area contributed by atoms with Crippen LogP contribution in [0.3, 0.4) is 0 Å². The average Bonchev–Trinajstić information content (AvgIpc) is 2.22. The van der Waals surface area contributed by atoms with E-state index in [2.05, 4.69) is 19.2 Å². The van der Waals surface area contributed by atoms with E-state index in [-0.39, 0.29) is 5.82 Å². The van der Waals surface area contributed by atoms with Gasteiger partial charge in [0.15, 0.2) is 0 Å². The Labute approximate surface area is 103 Å². The van der Waals surface area contributed by atoms with Crippen LogP contribution >= 0.6 is 0 Å². The summed E-state index contributed by atoms with van der Waals surface area (Å²) in [5.74, 6) is -0.159. The van der Waals surface area contributed by atoms with E-state index in [0.29, 0.717) is 11.5 Å². The van der Waals surface area contributed by atoms with Gasteiger partial charge >= 0.3 is 0 Å². The van der Waals surface area contributed by atoms with Gasteiger partial charge in [-0.05, 0) is 49.3 Å². The zero-order chi connectivity index (χ0) is 12.5. The van der Waals surface area contributed by atoms with Gasteiger partial charge in [-0.15, -0.1) is 0 Å². The lowest BCUT2D eigenvalue weighted by Gasteiger charge is -2.36. The maximum atomic E-state index is 13.2. The third-order valence-electron chi connectivity index (χ3n) is 3.76. The summed E-state index contributed by atoms with van der Waals surface area (Å²) in [6.07, 6.45) is 4.93. The zero-order valence-corrected chi connectivity index (χ0v) is 11.0. The molecule has 1 saturated carbocycles. The van der Waals surface area contributed by atoms with Crippen LogP contribution in [0.15, 0.2) is 18.2 Å². The molecule has 1 N–H and O–H groups in total. The first-order valence-electron chi connectivity index (χ1n) is 6.49. The molecule has 0 amide bonds. The summed E-state index contributed by atoms with van der Waals surface area (Å²) in [5, 5.41) is 3.51. The van der Waals surface area contributed by atoms with E-state index in [1.807, 2.05) is 13.0 Å². The van der Waals surface area contributed by atoms with Gasteiger partial charge in [0.25, 0.3) is 0 Å². The molecule has 1 aliphatic carbocycles. The Hall–Kier alpha value is -1.05. The predicted molar refractivity (Wildman–Crippen MR) is 70.8 cm³/mol. The van der Waals surface area contributed by atoms with Crippen LogP contribution in [0.2, 0.25) is 0 Å². The molecule has 2 heteroatoms. The van der Waals surface area contributed by atoms with Crippen LogP contribution in [0, 0.1) is 18.2 Å². The van der Waals surface area contributed by atoms with E-state index in [4.69, 9.17) is 0 Å². The van der Waals surface area contributed by atoms with Crippen LogP contribution in [0.1, 0.15) is 45.1 Å².